The van der Waals surface area contributed by atoms with Crippen LogP contribution < -0.4 is 5.73 Å². The van der Waals surface area contributed by atoms with E-state index in [0.29, 0.717) is 4.99 Å². The third kappa shape index (κ3) is 2.93. The molecule has 1 heterocycles. The second-order valence-corrected chi connectivity index (χ2v) is 6.18. The van der Waals surface area contributed by atoms with Crippen molar-refractivity contribution in [3.63, 3.8) is 0 Å². The molecule has 2 aromatic rings. The van der Waals surface area contributed by atoms with Gasteiger partial charge in [0.25, 0.3) is 0 Å². The lowest BCUT2D eigenvalue weighted by Crippen LogP contribution is -2.48. The zero-order valence-electron chi connectivity index (χ0n) is 12.3. The first-order valence-electron chi connectivity index (χ1n) is 7.36. The van der Waals surface area contributed by atoms with Gasteiger partial charge in [-0.3, -0.25) is 4.90 Å². The number of rotatable bonds is 3. The fourth-order valence-electron chi connectivity index (χ4n) is 3.10. The fraction of sp³-hybridized carbons (Fsp3) is 0.353. The minimum absolute atomic E-state index is 0.0276. The van der Waals surface area contributed by atoms with Crippen molar-refractivity contribution < 1.29 is 0 Å². The van der Waals surface area contributed by atoms with E-state index in [1.807, 2.05) is 0 Å². The largest absolute Gasteiger partial charge is 0.392 e. The third-order valence-electron chi connectivity index (χ3n) is 4.29. The molecule has 0 aliphatic carbocycles. The Balaban J connectivity index is 2.02. The Morgan fingerprint density at radius 2 is 1.71 bits per heavy atom. The first kappa shape index (κ1) is 14.4. The molecular weight excluding hydrogens is 278 g/mol. The van der Waals surface area contributed by atoms with Crippen LogP contribution in [0.5, 0.6) is 0 Å². The molecule has 0 saturated carbocycles. The summed E-state index contributed by atoms with van der Waals surface area (Å²) in [5.74, 6) is 0. The van der Waals surface area contributed by atoms with Crippen molar-refractivity contribution in [3.8, 4) is 0 Å². The molecule has 110 valence electrons. The minimum Gasteiger partial charge on any atom is -0.392 e. The lowest BCUT2D eigenvalue weighted by atomic mass is 9.97. The highest BCUT2D eigenvalue weighted by Crippen LogP contribution is 2.29. The average Bonchev–Trinajstić information content (AvgIpc) is 2.49. The average molecular weight is 299 g/mol. The Kier molecular flexibility index (Phi) is 4.19. The minimum atomic E-state index is 0.0276. The van der Waals surface area contributed by atoms with Crippen LogP contribution in [-0.4, -0.2) is 48.0 Å². The Morgan fingerprint density at radius 1 is 1.05 bits per heavy atom. The molecule has 2 N–H and O–H groups in total. The predicted molar refractivity (Wildman–Crippen MR) is 92.5 cm³/mol. The van der Waals surface area contributed by atoms with Crippen LogP contribution in [0.1, 0.15) is 11.6 Å². The highest BCUT2D eigenvalue weighted by Gasteiger charge is 2.27. The molecule has 1 fully saturated rings. The molecule has 3 rings (SSSR count). The second-order valence-electron chi connectivity index (χ2n) is 5.71. The van der Waals surface area contributed by atoms with E-state index < -0.39 is 0 Å². The van der Waals surface area contributed by atoms with Gasteiger partial charge in [0.05, 0.1) is 11.0 Å². The first-order valence-corrected chi connectivity index (χ1v) is 7.77. The standard InChI is InChI=1S/C17H21N3S/c1-19-9-11-20(12-10-19)16(17(18)21)15-8-4-6-13-5-2-3-7-14(13)15/h2-8,16H,9-12H2,1H3,(H2,18,21). The quantitative estimate of drug-likeness (QED) is 0.882. The molecule has 1 aliphatic heterocycles. The van der Waals surface area contributed by atoms with Gasteiger partial charge in [-0.25, -0.2) is 0 Å². The van der Waals surface area contributed by atoms with E-state index in [-0.39, 0.29) is 6.04 Å². The van der Waals surface area contributed by atoms with E-state index in [0.717, 1.165) is 26.2 Å². The van der Waals surface area contributed by atoms with E-state index in [9.17, 15) is 0 Å². The maximum atomic E-state index is 6.10. The lowest BCUT2D eigenvalue weighted by Gasteiger charge is -2.38. The zero-order chi connectivity index (χ0) is 14.8. The van der Waals surface area contributed by atoms with Crippen molar-refractivity contribution in [3.05, 3.63) is 48.0 Å². The molecule has 4 heteroatoms. The summed E-state index contributed by atoms with van der Waals surface area (Å²) in [5.41, 5.74) is 7.33. The van der Waals surface area contributed by atoms with Gasteiger partial charge in [-0.05, 0) is 23.4 Å². The number of fused-ring (bicyclic) bond motifs is 1. The highest BCUT2D eigenvalue weighted by atomic mass is 32.1. The van der Waals surface area contributed by atoms with Crippen molar-refractivity contribution in [1.29, 1.82) is 0 Å². The third-order valence-corrected chi connectivity index (χ3v) is 4.51. The Bertz CT molecular complexity index is 642. The van der Waals surface area contributed by atoms with Crippen LogP contribution >= 0.6 is 12.2 Å². The van der Waals surface area contributed by atoms with E-state index in [1.54, 1.807) is 0 Å². The van der Waals surface area contributed by atoms with Gasteiger partial charge in [-0.1, -0.05) is 54.7 Å². The molecule has 3 nitrogen and oxygen atoms in total. The normalized spacial score (nSPS) is 18.7. The molecule has 0 spiro atoms. The summed E-state index contributed by atoms with van der Waals surface area (Å²) in [5, 5.41) is 2.49. The van der Waals surface area contributed by atoms with Gasteiger partial charge in [0, 0.05) is 26.2 Å². The zero-order valence-corrected chi connectivity index (χ0v) is 13.1. The van der Waals surface area contributed by atoms with Crippen molar-refractivity contribution in [1.82, 2.24) is 9.80 Å². The van der Waals surface area contributed by atoms with Crippen molar-refractivity contribution in [2.75, 3.05) is 33.2 Å². The number of nitrogens with two attached hydrogens (primary N) is 1. The van der Waals surface area contributed by atoms with E-state index in [4.69, 9.17) is 18.0 Å². The molecule has 0 radical (unpaired) electrons. The maximum absolute atomic E-state index is 6.10. The highest BCUT2D eigenvalue weighted by molar-refractivity contribution is 7.80. The maximum Gasteiger partial charge on any atom is 0.0948 e. The number of nitrogens with zero attached hydrogens (tertiary/aromatic N) is 2. The van der Waals surface area contributed by atoms with Gasteiger partial charge < -0.3 is 10.6 Å². The number of benzene rings is 2. The summed E-state index contributed by atoms with van der Waals surface area (Å²) in [6, 6.07) is 14.9. The van der Waals surface area contributed by atoms with Gasteiger partial charge in [-0.15, -0.1) is 0 Å². The van der Waals surface area contributed by atoms with Gasteiger partial charge in [0.2, 0.25) is 0 Å². The van der Waals surface area contributed by atoms with Crippen LogP contribution in [0.2, 0.25) is 0 Å². The fourth-order valence-corrected chi connectivity index (χ4v) is 3.37. The van der Waals surface area contributed by atoms with E-state index in [2.05, 4.69) is 59.3 Å². The monoisotopic (exact) mass is 299 g/mol. The smallest absolute Gasteiger partial charge is 0.0948 e. The van der Waals surface area contributed by atoms with Crippen LogP contribution in [-0.2, 0) is 0 Å². The summed E-state index contributed by atoms with van der Waals surface area (Å²) >= 11 is 5.39. The summed E-state index contributed by atoms with van der Waals surface area (Å²) in [4.78, 5) is 5.32. The lowest BCUT2D eigenvalue weighted by molar-refractivity contribution is 0.138. The number of likely N-dealkylation sites (N-methyl/N-ethyl adjacent to an activating group) is 1. The topological polar surface area (TPSA) is 32.5 Å². The second kappa shape index (κ2) is 6.10. The molecule has 1 atom stereocenters. The number of thiocarbonyl (C=S) groups is 1. The van der Waals surface area contributed by atoms with Crippen LogP contribution in [0.25, 0.3) is 10.8 Å². The predicted octanol–water partition coefficient (Wildman–Crippen LogP) is 2.41. The van der Waals surface area contributed by atoms with Gasteiger partial charge >= 0.3 is 0 Å². The molecule has 1 unspecified atom stereocenters. The van der Waals surface area contributed by atoms with Crippen LogP contribution in [0.4, 0.5) is 0 Å². The van der Waals surface area contributed by atoms with Gasteiger partial charge in [0.15, 0.2) is 0 Å². The molecule has 0 bridgehead atoms. The van der Waals surface area contributed by atoms with Crippen LogP contribution in [0.15, 0.2) is 42.5 Å². The summed E-state index contributed by atoms with van der Waals surface area (Å²) in [6.07, 6.45) is 0. The molecule has 2 aromatic carbocycles. The van der Waals surface area contributed by atoms with Crippen molar-refractivity contribution in [2.24, 2.45) is 5.73 Å². The number of hydrogen-bond acceptors (Lipinski definition) is 3. The number of hydrogen-bond donors (Lipinski definition) is 1. The summed E-state index contributed by atoms with van der Waals surface area (Å²) < 4.78 is 0. The Labute approximate surface area is 131 Å². The molecule has 1 saturated heterocycles. The van der Waals surface area contributed by atoms with Gasteiger partial charge in [-0.2, -0.15) is 0 Å². The van der Waals surface area contributed by atoms with Crippen LogP contribution in [0, 0.1) is 0 Å². The number of piperazine rings is 1. The Hall–Kier alpha value is -1.49. The van der Waals surface area contributed by atoms with E-state index >= 15 is 0 Å². The summed E-state index contributed by atoms with van der Waals surface area (Å²) in [7, 11) is 2.16. The summed E-state index contributed by atoms with van der Waals surface area (Å²) in [6.45, 7) is 4.12. The SMILES string of the molecule is CN1CCN(C(C(N)=S)c2cccc3ccccc23)CC1. The Morgan fingerprint density at radius 3 is 2.43 bits per heavy atom. The van der Waals surface area contributed by atoms with Crippen LogP contribution in [0.3, 0.4) is 0 Å². The molecular formula is C17H21N3S. The molecule has 0 amide bonds. The van der Waals surface area contributed by atoms with Crippen molar-refractivity contribution in [2.45, 2.75) is 6.04 Å². The van der Waals surface area contributed by atoms with E-state index in [1.165, 1.54) is 16.3 Å². The van der Waals surface area contributed by atoms with Crippen molar-refractivity contribution >= 4 is 28.0 Å². The first-order chi connectivity index (χ1) is 10.2. The molecule has 1 aliphatic rings. The molecule has 0 aromatic heterocycles. The van der Waals surface area contributed by atoms with Gasteiger partial charge in [0.1, 0.15) is 0 Å². The molecule has 21 heavy (non-hydrogen) atoms.